The highest BCUT2D eigenvalue weighted by atomic mass is 35.5. The van der Waals surface area contributed by atoms with E-state index in [1.165, 1.54) is 6.20 Å². The van der Waals surface area contributed by atoms with Crippen molar-refractivity contribution in [3.63, 3.8) is 0 Å². The van der Waals surface area contributed by atoms with Crippen LogP contribution in [0.5, 0.6) is 5.75 Å². The van der Waals surface area contributed by atoms with Crippen LogP contribution in [-0.4, -0.2) is 51.9 Å². The van der Waals surface area contributed by atoms with Crippen molar-refractivity contribution in [2.45, 2.75) is 58.2 Å². The number of benzene rings is 1. The first-order valence-electron chi connectivity index (χ1n) is 10.4. The number of aromatic nitrogens is 1. The van der Waals surface area contributed by atoms with Gasteiger partial charge in [-0.15, -0.1) is 0 Å². The molecule has 1 saturated heterocycles. The molecule has 2 heterocycles. The second-order valence-electron chi connectivity index (χ2n) is 9.31. The maximum absolute atomic E-state index is 12.8. The van der Waals surface area contributed by atoms with Gasteiger partial charge in [0.25, 0.3) is 0 Å². The van der Waals surface area contributed by atoms with Crippen LogP contribution in [0.2, 0.25) is 5.02 Å². The third kappa shape index (κ3) is 3.88. The molecule has 2 aliphatic rings. The van der Waals surface area contributed by atoms with Gasteiger partial charge in [0, 0.05) is 37.3 Å². The SMILES string of the molecule is CC1CN(c2cc3c(cc2Cl)c(=O)c(OC(=O)O)cn3C2CC2)CCN1C(C)(C)C. The summed E-state index contributed by atoms with van der Waals surface area (Å²) in [6.45, 7) is 11.5. The van der Waals surface area contributed by atoms with Crippen molar-refractivity contribution in [1.82, 2.24) is 9.47 Å². The molecular formula is C22H28ClN3O4. The Kier molecular flexibility index (Phi) is 5.22. The molecule has 2 aromatic rings. The van der Waals surface area contributed by atoms with E-state index < -0.39 is 11.6 Å². The maximum atomic E-state index is 12.8. The van der Waals surface area contributed by atoms with Gasteiger partial charge in [0.2, 0.25) is 5.43 Å². The number of pyridine rings is 1. The van der Waals surface area contributed by atoms with E-state index in [1.54, 1.807) is 6.07 Å². The topological polar surface area (TPSA) is 75.0 Å². The lowest BCUT2D eigenvalue weighted by molar-refractivity contribution is 0.0799. The molecule has 1 unspecified atom stereocenters. The molecule has 1 aromatic heterocycles. The fourth-order valence-corrected chi connectivity index (χ4v) is 4.85. The van der Waals surface area contributed by atoms with Crippen molar-refractivity contribution in [2.75, 3.05) is 24.5 Å². The van der Waals surface area contributed by atoms with E-state index in [9.17, 15) is 9.59 Å². The molecule has 2 fully saturated rings. The normalized spacial score (nSPS) is 20.6. The van der Waals surface area contributed by atoms with Crippen molar-refractivity contribution in [3.8, 4) is 5.75 Å². The molecule has 162 valence electrons. The highest BCUT2D eigenvalue weighted by Crippen LogP contribution is 2.40. The van der Waals surface area contributed by atoms with Gasteiger partial charge in [-0.05, 0) is 52.7 Å². The van der Waals surface area contributed by atoms with Gasteiger partial charge in [-0.3, -0.25) is 9.69 Å². The number of anilines is 1. The Labute approximate surface area is 180 Å². The standard InChI is InChI=1S/C22H28ClN3O4/c1-13-11-24(7-8-26(13)22(2,3)4)18-10-17-15(9-16(18)23)20(27)19(30-21(28)29)12-25(17)14-5-6-14/h9-10,12-14H,5-8,11H2,1-4H3,(H,28,29). The Morgan fingerprint density at radius 2 is 1.93 bits per heavy atom. The van der Waals surface area contributed by atoms with Crippen LogP contribution in [0, 0.1) is 0 Å². The molecule has 0 radical (unpaired) electrons. The molecule has 0 spiro atoms. The zero-order valence-corrected chi connectivity index (χ0v) is 18.6. The second kappa shape index (κ2) is 7.46. The highest BCUT2D eigenvalue weighted by molar-refractivity contribution is 6.34. The van der Waals surface area contributed by atoms with E-state index in [-0.39, 0.29) is 17.3 Å². The van der Waals surface area contributed by atoms with Crippen LogP contribution in [0.15, 0.2) is 23.1 Å². The Bertz CT molecular complexity index is 1050. The second-order valence-corrected chi connectivity index (χ2v) is 9.72. The third-order valence-electron chi connectivity index (χ3n) is 6.04. The molecule has 4 rings (SSSR count). The van der Waals surface area contributed by atoms with Crippen LogP contribution in [0.1, 0.15) is 46.6 Å². The number of halogens is 1. The van der Waals surface area contributed by atoms with Crippen LogP contribution in [0.4, 0.5) is 10.5 Å². The van der Waals surface area contributed by atoms with E-state index in [2.05, 4.69) is 37.5 Å². The zero-order chi connectivity index (χ0) is 21.8. The number of nitrogens with zero attached hydrogens (tertiary/aromatic N) is 3. The van der Waals surface area contributed by atoms with Crippen LogP contribution in [0.25, 0.3) is 10.9 Å². The van der Waals surface area contributed by atoms with Gasteiger partial charge in [0.05, 0.1) is 27.8 Å². The summed E-state index contributed by atoms with van der Waals surface area (Å²) in [4.78, 5) is 28.6. The maximum Gasteiger partial charge on any atom is 0.511 e. The van der Waals surface area contributed by atoms with Crippen LogP contribution in [-0.2, 0) is 0 Å². The molecule has 1 N–H and O–H groups in total. The Balaban J connectivity index is 1.76. The van der Waals surface area contributed by atoms with Gasteiger partial charge < -0.3 is 19.3 Å². The quantitative estimate of drug-likeness (QED) is 0.725. The number of carbonyl (C=O) groups is 1. The predicted molar refractivity (Wildman–Crippen MR) is 118 cm³/mol. The van der Waals surface area contributed by atoms with E-state index in [0.717, 1.165) is 43.7 Å². The van der Waals surface area contributed by atoms with Crippen LogP contribution < -0.4 is 15.1 Å². The van der Waals surface area contributed by atoms with E-state index >= 15 is 0 Å². The first-order valence-corrected chi connectivity index (χ1v) is 10.7. The molecule has 0 bridgehead atoms. The van der Waals surface area contributed by atoms with Crippen molar-refractivity contribution in [3.05, 3.63) is 33.6 Å². The average molecular weight is 434 g/mol. The fourth-order valence-electron chi connectivity index (χ4n) is 4.57. The summed E-state index contributed by atoms with van der Waals surface area (Å²) in [5, 5.41) is 9.85. The summed E-state index contributed by atoms with van der Waals surface area (Å²) in [5.41, 5.74) is 1.32. The van der Waals surface area contributed by atoms with E-state index in [1.807, 2.05) is 10.6 Å². The first-order chi connectivity index (χ1) is 14.1. The van der Waals surface area contributed by atoms with Crippen molar-refractivity contribution >= 4 is 34.3 Å². The fraction of sp³-hybridized carbons (Fsp3) is 0.545. The number of piperazine rings is 1. The lowest BCUT2D eigenvalue weighted by atomic mass is 10.0. The summed E-state index contributed by atoms with van der Waals surface area (Å²) < 4.78 is 6.70. The molecular weight excluding hydrogens is 406 g/mol. The molecule has 30 heavy (non-hydrogen) atoms. The van der Waals surface area contributed by atoms with E-state index in [0.29, 0.717) is 16.5 Å². The number of ether oxygens (including phenoxy) is 1. The van der Waals surface area contributed by atoms with E-state index in [4.69, 9.17) is 21.4 Å². The molecule has 1 aromatic carbocycles. The minimum atomic E-state index is -1.50. The molecule has 1 aliphatic heterocycles. The summed E-state index contributed by atoms with van der Waals surface area (Å²) in [6.07, 6.45) is 2.00. The minimum Gasteiger partial charge on any atom is -0.449 e. The number of carboxylic acid groups (broad SMARTS) is 1. The molecule has 1 saturated carbocycles. The lowest BCUT2D eigenvalue weighted by Gasteiger charge is -2.47. The van der Waals surface area contributed by atoms with Crippen molar-refractivity contribution in [1.29, 1.82) is 0 Å². The Morgan fingerprint density at radius 3 is 2.50 bits per heavy atom. The molecule has 1 aliphatic carbocycles. The first kappa shape index (κ1) is 21.0. The van der Waals surface area contributed by atoms with Crippen LogP contribution in [0.3, 0.4) is 0 Å². The summed E-state index contributed by atoms with van der Waals surface area (Å²) in [5.74, 6) is -0.182. The molecule has 8 heteroatoms. The number of hydrogen-bond donors (Lipinski definition) is 1. The predicted octanol–water partition coefficient (Wildman–Crippen LogP) is 4.36. The van der Waals surface area contributed by atoms with Gasteiger partial charge >= 0.3 is 6.16 Å². The van der Waals surface area contributed by atoms with Crippen molar-refractivity contribution < 1.29 is 14.6 Å². The zero-order valence-electron chi connectivity index (χ0n) is 17.8. The highest BCUT2D eigenvalue weighted by Gasteiger charge is 2.33. The average Bonchev–Trinajstić information content (AvgIpc) is 3.47. The third-order valence-corrected chi connectivity index (χ3v) is 6.34. The molecule has 0 amide bonds. The Morgan fingerprint density at radius 1 is 1.23 bits per heavy atom. The lowest BCUT2D eigenvalue weighted by Crippen LogP contribution is -2.58. The number of fused-ring (bicyclic) bond motifs is 1. The number of rotatable bonds is 3. The summed E-state index contributed by atoms with van der Waals surface area (Å²) in [7, 11) is 0. The molecule has 1 atom stereocenters. The Hall–Kier alpha value is -2.25. The largest absolute Gasteiger partial charge is 0.511 e. The van der Waals surface area contributed by atoms with Gasteiger partial charge in [-0.2, -0.15) is 0 Å². The number of hydrogen-bond acceptors (Lipinski definition) is 5. The minimum absolute atomic E-state index is 0.103. The molecule has 7 nitrogen and oxygen atoms in total. The van der Waals surface area contributed by atoms with Gasteiger partial charge in [-0.25, -0.2) is 4.79 Å². The van der Waals surface area contributed by atoms with Gasteiger partial charge in [-0.1, -0.05) is 11.6 Å². The summed E-state index contributed by atoms with van der Waals surface area (Å²) in [6, 6.07) is 4.24. The summed E-state index contributed by atoms with van der Waals surface area (Å²) >= 11 is 6.63. The van der Waals surface area contributed by atoms with Crippen LogP contribution >= 0.6 is 11.6 Å². The van der Waals surface area contributed by atoms with Gasteiger partial charge in [0.1, 0.15) is 0 Å². The van der Waals surface area contributed by atoms with Gasteiger partial charge in [0.15, 0.2) is 5.75 Å². The monoisotopic (exact) mass is 433 g/mol. The smallest absolute Gasteiger partial charge is 0.449 e. The van der Waals surface area contributed by atoms with Crippen molar-refractivity contribution in [2.24, 2.45) is 0 Å².